The molecule has 0 aromatic heterocycles. The quantitative estimate of drug-likeness (QED) is 0.750. The minimum Gasteiger partial charge on any atom is -0.377 e. The van der Waals surface area contributed by atoms with Gasteiger partial charge in [0.1, 0.15) is 0 Å². The van der Waals surface area contributed by atoms with E-state index in [9.17, 15) is 4.79 Å². The number of alkyl halides is 1. The van der Waals surface area contributed by atoms with Gasteiger partial charge in [-0.25, -0.2) is 0 Å². The average Bonchev–Trinajstić information content (AvgIpc) is 2.86. The first-order valence-electron chi connectivity index (χ1n) is 6.76. The van der Waals surface area contributed by atoms with E-state index in [1.165, 1.54) is 6.42 Å². The lowest BCUT2D eigenvalue weighted by Crippen LogP contribution is -2.48. The van der Waals surface area contributed by atoms with Crippen molar-refractivity contribution in [3.05, 3.63) is 0 Å². The van der Waals surface area contributed by atoms with Crippen molar-refractivity contribution >= 4 is 21.8 Å². The molecule has 2 aliphatic heterocycles. The minimum absolute atomic E-state index is 0.111. The van der Waals surface area contributed by atoms with E-state index >= 15 is 0 Å². The van der Waals surface area contributed by atoms with Gasteiger partial charge < -0.3 is 9.64 Å². The SMILES string of the molecule is CCC1OCCC1C(=O)N1CCCCC1CBr. The fraction of sp³-hybridized carbons (Fsp3) is 0.923. The third-order valence-electron chi connectivity index (χ3n) is 4.02. The van der Waals surface area contributed by atoms with E-state index in [-0.39, 0.29) is 12.0 Å². The zero-order valence-corrected chi connectivity index (χ0v) is 12.1. The molecule has 98 valence electrons. The number of amides is 1. The maximum atomic E-state index is 12.6. The molecule has 2 fully saturated rings. The zero-order valence-electron chi connectivity index (χ0n) is 10.5. The molecule has 2 heterocycles. The van der Waals surface area contributed by atoms with Crippen LogP contribution in [0.5, 0.6) is 0 Å². The Labute approximate surface area is 112 Å². The summed E-state index contributed by atoms with van der Waals surface area (Å²) in [5.74, 6) is 0.443. The van der Waals surface area contributed by atoms with Crippen LogP contribution in [0.25, 0.3) is 0 Å². The summed E-state index contributed by atoms with van der Waals surface area (Å²) in [6, 6.07) is 0.398. The molecule has 2 rings (SSSR count). The number of rotatable bonds is 3. The zero-order chi connectivity index (χ0) is 12.3. The maximum Gasteiger partial charge on any atom is 0.228 e. The van der Waals surface area contributed by atoms with Crippen molar-refractivity contribution in [2.75, 3.05) is 18.5 Å². The van der Waals surface area contributed by atoms with Crippen LogP contribution >= 0.6 is 15.9 Å². The van der Waals surface area contributed by atoms with E-state index in [0.29, 0.717) is 11.9 Å². The summed E-state index contributed by atoms with van der Waals surface area (Å²) in [4.78, 5) is 14.7. The molecule has 0 saturated carbocycles. The normalized spacial score (nSPS) is 34.0. The van der Waals surface area contributed by atoms with Gasteiger partial charge in [-0.15, -0.1) is 0 Å². The fourth-order valence-corrected chi connectivity index (χ4v) is 3.67. The Bertz CT molecular complexity index is 272. The molecule has 3 nitrogen and oxygen atoms in total. The Hall–Kier alpha value is -0.0900. The van der Waals surface area contributed by atoms with Crippen molar-refractivity contribution in [3.8, 4) is 0 Å². The topological polar surface area (TPSA) is 29.5 Å². The number of likely N-dealkylation sites (tertiary alicyclic amines) is 1. The number of ether oxygens (including phenoxy) is 1. The number of nitrogens with zero attached hydrogens (tertiary/aromatic N) is 1. The first kappa shape index (κ1) is 13.3. The van der Waals surface area contributed by atoms with Crippen LogP contribution in [0.15, 0.2) is 0 Å². The molecule has 17 heavy (non-hydrogen) atoms. The number of hydrogen-bond donors (Lipinski definition) is 0. The largest absolute Gasteiger partial charge is 0.377 e. The first-order valence-corrected chi connectivity index (χ1v) is 7.88. The van der Waals surface area contributed by atoms with Gasteiger partial charge in [0.25, 0.3) is 0 Å². The van der Waals surface area contributed by atoms with Crippen molar-refractivity contribution in [2.24, 2.45) is 5.92 Å². The molecule has 3 atom stereocenters. The van der Waals surface area contributed by atoms with Gasteiger partial charge in [-0.2, -0.15) is 0 Å². The van der Waals surface area contributed by atoms with Gasteiger partial charge in [0.05, 0.1) is 12.0 Å². The predicted octanol–water partition coefficient (Wildman–Crippen LogP) is 2.58. The predicted molar refractivity (Wildman–Crippen MR) is 71.3 cm³/mol. The summed E-state index contributed by atoms with van der Waals surface area (Å²) in [6.07, 6.45) is 5.55. The molecular weight excluding hydrogens is 282 g/mol. The maximum absolute atomic E-state index is 12.6. The molecule has 2 saturated heterocycles. The highest BCUT2D eigenvalue weighted by Crippen LogP contribution is 2.28. The van der Waals surface area contributed by atoms with Crippen LogP contribution in [0.1, 0.15) is 39.0 Å². The molecule has 0 radical (unpaired) electrons. The number of carbonyl (C=O) groups excluding carboxylic acids is 1. The van der Waals surface area contributed by atoms with Crippen molar-refractivity contribution in [3.63, 3.8) is 0 Å². The average molecular weight is 304 g/mol. The molecule has 2 aliphatic rings. The van der Waals surface area contributed by atoms with Crippen LogP contribution in [-0.4, -0.2) is 41.4 Å². The standard InChI is InChI=1S/C13H22BrNO2/c1-2-12-11(6-8-17-12)13(16)15-7-4-3-5-10(15)9-14/h10-12H,2-9H2,1H3. The monoisotopic (exact) mass is 303 g/mol. The van der Waals surface area contributed by atoms with Crippen LogP contribution in [-0.2, 0) is 9.53 Å². The lowest BCUT2D eigenvalue weighted by molar-refractivity contribution is -0.140. The van der Waals surface area contributed by atoms with Crippen molar-refractivity contribution in [1.82, 2.24) is 4.90 Å². The van der Waals surface area contributed by atoms with E-state index in [4.69, 9.17) is 4.74 Å². The van der Waals surface area contributed by atoms with Crippen LogP contribution in [0.4, 0.5) is 0 Å². The number of halogens is 1. The lowest BCUT2D eigenvalue weighted by Gasteiger charge is -2.37. The van der Waals surface area contributed by atoms with E-state index in [1.54, 1.807) is 0 Å². The molecule has 0 aromatic rings. The number of hydrogen-bond acceptors (Lipinski definition) is 2. The first-order chi connectivity index (χ1) is 8.27. The smallest absolute Gasteiger partial charge is 0.228 e. The molecule has 0 aromatic carbocycles. The van der Waals surface area contributed by atoms with Crippen molar-refractivity contribution < 1.29 is 9.53 Å². The highest BCUT2D eigenvalue weighted by atomic mass is 79.9. The van der Waals surface area contributed by atoms with Crippen LogP contribution in [0.2, 0.25) is 0 Å². The van der Waals surface area contributed by atoms with E-state index < -0.39 is 0 Å². The van der Waals surface area contributed by atoms with Gasteiger partial charge >= 0.3 is 0 Å². The molecular formula is C13H22BrNO2. The van der Waals surface area contributed by atoms with Gasteiger partial charge in [-0.3, -0.25) is 4.79 Å². The summed E-state index contributed by atoms with van der Waals surface area (Å²) < 4.78 is 5.64. The van der Waals surface area contributed by atoms with Crippen molar-refractivity contribution in [2.45, 2.75) is 51.2 Å². The van der Waals surface area contributed by atoms with E-state index in [0.717, 1.165) is 44.2 Å². The summed E-state index contributed by atoms with van der Waals surface area (Å²) in [5.41, 5.74) is 0. The van der Waals surface area contributed by atoms with Crippen LogP contribution in [0.3, 0.4) is 0 Å². The number of piperidine rings is 1. The van der Waals surface area contributed by atoms with E-state index in [1.807, 2.05) is 0 Å². The molecule has 0 bridgehead atoms. The van der Waals surface area contributed by atoms with Crippen LogP contribution < -0.4 is 0 Å². The van der Waals surface area contributed by atoms with Gasteiger partial charge in [-0.05, 0) is 32.1 Å². The third-order valence-corrected chi connectivity index (χ3v) is 4.76. The Morgan fingerprint density at radius 1 is 1.41 bits per heavy atom. The summed E-state index contributed by atoms with van der Waals surface area (Å²) in [6.45, 7) is 3.79. The highest BCUT2D eigenvalue weighted by molar-refractivity contribution is 9.09. The molecule has 0 N–H and O–H groups in total. The van der Waals surface area contributed by atoms with Gasteiger partial charge in [-0.1, -0.05) is 22.9 Å². The number of carbonyl (C=O) groups is 1. The molecule has 1 amide bonds. The van der Waals surface area contributed by atoms with Gasteiger partial charge in [0.2, 0.25) is 5.91 Å². The second kappa shape index (κ2) is 6.19. The third kappa shape index (κ3) is 2.84. The molecule has 4 heteroatoms. The fourth-order valence-electron chi connectivity index (χ4n) is 3.00. The summed E-state index contributed by atoms with van der Waals surface area (Å²) in [5, 5.41) is 0.906. The summed E-state index contributed by atoms with van der Waals surface area (Å²) in [7, 11) is 0. The second-order valence-corrected chi connectivity index (χ2v) is 5.70. The molecule has 3 unspecified atom stereocenters. The minimum atomic E-state index is 0.111. The Morgan fingerprint density at radius 2 is 2.24 bits per heavy atom. The summed E-state index contributed by atoms with van der Waals surface area (Å²) >= 11 is 3.54. The Morgan fingerprint density at radius 3 is 2.94 bits per heavy atom. The second-order valence-electron chi connectivity index (χ2n) is 5.05. The Balaban J connectivity index is 2.02. The highest BCUT2D eigenvalue weighted by Gasteiger charge is 2.38. The lowest BCUT2D eigenvalue weighted by atomic mass is 9.95. The van der Waals surface area contributed by atoms with Crippen LogP contribution in [0, 0.1) is 5.92 Å². The Kier molecular flexibility index (Phi) is 4.86. The van der Waals surface area contributed by atoms with E-state index in [2.05, 4.69) is 27.8 Å². The van der Waals surface area contributed by atoms with Gasteiger partial charge in [0.15, 0.2) is 0 Å². The molecule has 0 aliphatic carbocycles. The molecule has 0 spiro atoms. The van der Waals surface area contributed by atoms with Gasteiger partial charge in [0, 0.05) is 24.5 Å². The van der Waals surface area contributed by atoms with Crippen molar-refractivity contribution in [1.29, 1.82) is 0 Å².